The predicted octanol–water partition coefficient (Wildman–Crippen LogP) is 3.16. The summed E-state index contributed by atoms with van der Waals surface area (Å²) in [6.45, 7) is 2.69. The second-order valence-electron chi connectivity index (χ2n) is 10.8. The first-order valence-electron chi connectivity index (χ1n) is 13.2. The summed E-state index contributed by atoms with van der Waals surface area (Å²) >= 11 is 0. The standard InChI is InChI=1S/C28H26F4N4O6/c1-27(14-33-23(38)15-4-2-3-5-21(15)42-28(30,31)32)8-10-35(11-9-27)20-13-17-16(12-18(20)29)25(40)36(26(17)41)19-6-7-22(37)34-24(19)39/h2-5,12-13,19H,6-11,14H2,1H3,(H,33,38)(H,34,37,39). The Balaban J connectivity index is 1.24. The van der Waals surface area contributed by atoms with Crippen LogP contribution in [0.25, 0.3) is 0 Å². The highest BCUT2D eigenvalue weighted by Gasteiger charge is 2.45. The summed E-state index contributed by atoms with van der Waals surface area (Å²) < 4.78 is 57.3. The van der Waals surface area contributed by atoms with Gasteiger partial charge in [-0.3, -0.25) is 34.2 Å². The molecule has 42 heavy (non-hydrogen) atoms. The molecular weight excluding hydrogens is 564 g/mol. The van der Waals surface area contributed by atoms with Crippen LogP contribution in [0.5, 0.6) is 5.75 Å². The lowest BCUT2D eigenvalue weighted by Gasteiger charge is -2.40. The van der Waals surface area contributed by atoms with Crippen LogP contribution in [-0.4, -0.2) is 66.5 Å². The number of hydrogen-bond donors (Lipinski definition) is 2. The number of carbonyl (C=O) groups is 5. The molecule has 5 rings (SSSR count). The Kier molecular flexibility index (Phi) is 7.41. The normalized spacial score (nSPS) is 20.4. The van der Waals surface area contributed by atoms with Crippen LogP contribution in [0.4, 0.5) is 23.2 Å². The number of fused-ring (bicyclic) bond motifs is 1. The highest BCUT2D eigenvalue weighted by Crippen LogP contribution is 2.37. The summed E-state index contributed by atoms with van der Waals surface area (Å²) in [6.07, 6.45) is -4.07. The van der Waals surface area contributed by atoms with E-state index in [0.29, 0.717) is 25.9 Å². The molecule has 2 fully saturated rings. The van der Waals surface area contributed by atoms with E-state index < -0.39 is 58.9 Å². The van der Waals surface area contributed by atoms with Crippen molar-refractivity contribution in [3.63, 3.8) is 0 Å². The van der Waals surface area contributed by atoms with Gasteiger partial charge in [0.2, 0.25) is 11.8 Å². The monoisotopic (exact) mass is 590 g/mol. The van der Waals surface area contributed by atoms with Gasteiger partial charge in [0.15, 0.2) is 0 Å². The topological polar surface area (TPSA) is 125 Å². The summed E-state index contributed by atoms with van der Waals surface area (Å²) in [6, 6.07) is 6.12. The fourth-order valence-electron chi connectivity index (χ4n) is 5.44. The van der Waals surface area contributed by atoms with Crippen molar-refractivity contribution in [3.8, 4) is 5.75 Å². The third-order valence-corrected chi connectivity index (χ3v) is 7.85. The zero-order valence-electron chi connectivity index (χ0n) is 22.3. The highest BCUT2D eigenvalue weighted by molar-refractivity contribution is 6.23. The molecule has 3 aliphatic heterocycles. The molecule has 0 radical (unpaired) electrons. The average molecular weight is 591 g/mol. The molecule has 14 heteroatoms. The molecule has 2 aromatic carbocycles. The quantitative estimate of drug-likeness (QED) is 0.391. The molecule has 10 nitrogen and oxygen atoms in total. The first kappa shape index (κ1) is 29.0. The van der Waals surface area contributed by atoms with Gasteiger partial charge in [0, 0.05) is 26.1 Å². The Morgan fingerprint density at radius 3 is 2.36 bits per heavy atom. The molecule has 1 unspecified atom stereocenters. The number of benzene rings is 2. The average Bonchev–Trinajstić information content (AvgIpc) is 3.15. The maximum Gasteiger partial charge on any atom is 0.573 e. The van der Waals surface area contributed by atoms with Crippen LogP contribution < -0.4 is 20.3 Å². The minimum absolute atomic E-state index is 0.0202. The number of para-hydroxylation sites is 1. The molecule has 222 valence electrons. The number of alkyl halides is 3. The maximum atomic E-state index is 15.2. The molecule has 0 spiro atoms. The van der Waals surface area contributed by atoms with Crippen LogP contribution in [0.2, 0.25) is 0 Å². The van der Waals surface area contributed by atoms with E-state index in [9.17, 15) is 37.1 Å². The van der Waals surface area contributed by atoms with Crippen molar-refractivity contribution in [2.75, 3.05) is 24.5 Å². The molecular formula is C28H26F4N4O6. The van der Waals surface area contributed by atoms with Crippen molar-refractivity contribution in [1.29, 1.82) is 0 Å². The predicted molar refractivity (Wildman–Crippen MR) is 138 cm³/mol. The number of amides is 5. The minimum atomic E-state index is -4.96. The van der Waals surface area contributed by atoms with Gasteiger partial charge in [0.25, 0.3) is 17.7 Å². The number of anilines is 1. The van der Waals surface area contributed by atoms with Gasteiger partial charge in [-0.1, -0.05) is 19.1 Å². The van der Waals surface area contributed by atoms with Crippen molar-refractivity contribution in [2.24, 2.45) is 5.41 Å². The second kappa shape index (κ2) is 10.7. The first-order chi connectivity index (χ1) is 19.8. The second-order valence-corrected chi connectivity index (χ2v) is 10.8. The minimum Gasteiger partial charge on any atom is -0.405 e. The largest absolute Gasteiger partial charge is 0.573 e. The van der Waals surface area contributed by atoms with Gasteiger partial charge in [-0.25, -0.2) is 4.39 Å². The maximum absolute atomic E-state index is 15.2. The van der Waals surface area contributed by atoms with E-state index in [1.165, 1.54) is 24.3 Å². The number of hydrogen-bond acceptors (Lipinski definition) is 7. The van der Waals surface area contributed by atoms with Crippen LogP contribution in [0.1, 0.15) is 63.7 Å². The Labute approximate surface area is 237 Å². The smallest absolute Gasteiger partial charge is 0.405 e. The third kappa shape index (κ3) is 5.65. The van der Waals surface area contributed by atoms with Gasteiger partial charge >= 0.3 is 6.36 Å². The van der Waals surface area contributed by atoms with Gasteiger partial charge in [-0.2, -0.15) is 0 Å². The number of rotatable bonds is 6. The van der Waals surface area contributed by atoms with E-state index in [4.69, 9.17) is 0 Å². The molecule has 0 aromatic heterocycles. The zero-order chi connectivity index (χ0) is 30.4. The van der Waals surface area contributed by atoms with E-state index >= 15 is 4.39 Å². The molecule has 0 saturated carbocycles. The summed E-state index contributed by atoms with van der Waals surface area (Å²) in [5.74, 6) is -4.88. The van der Waals surface area contributed by atoms with E-state index in [0.717, 1.165) is 17.0 Å². The van der Waals surface area contributed by atoms with Crippen molar-refractivity contribution in [3.05, 3.63) is 58.9 Å². The summed E-state index contributed by atoms with van der Waals surface area (Å²) in [5.41, 5.74) is -0.828. The number of nitrogens with one attached hydrogen (secondary N) is 2. The molecule has 2 saturated heterocycles. The summed E-state index contributed by atoms with van der Waals surface area (Å²) in [4.78, 5) is 65.0. The van der Waals surface area contributed by atoms with E-state index in [1.807, 2.05) is 6.92 Å². The van der Waals surface area contributed by atoms with Crippen LogP contribution in [-0.2, 0) is 9.59 Å². The Hall–Kier alpha value is -4.49. The van der Waals surface area contributed by atoms with Gasteiger partial charge in [0.05, 0.1) is 22.4 Å². The molecule has 3 aliphatic rings. The fourth-order valence-corrected chi connectivity index (χ4v) is 5.44. The number of imide groups is 2. The number of nitrogens with zero attached hydrogens (tertiary/aromatic N) is 2. The van der Waals surface area contributed by atoms with E-state index in [-0.39, 0.29) is 41.8 Å². The Bertz CT molecular complexity index is 1490. The molecule has 5 amide bonds. The molecule has 1 atom stereocenters. The van der Waals surface area contributed by atoms with Crippen molar-refractivity contribution >= 4 is 35.2 Å². The fraction of sp³-hybridized carbons (Fsp3) is 0.393. The lowest BCUT2D eigenvalue weighted by molar-refractivity contribution is -0.274. The Morgan fingerprint density at radius 2 is 1.71 bits per heavy atom. The first-order valence-corrected chi connectivity index (χ1v) is 13.2. The van der Waals surface area contributed by atoms with Crippen molar-refractivity contribution < 1.29 is 46.3 Å². The number of halogens is 4. The number of carbonyl (C=O) groups excluding carboxylic acids is 5. The van der Waals surface area contributed by atoms with E-state index in [2.05, 4.69) is 15.4 Å². The lowest BCUT2D eigenvalue weighted by Crippen LogP contribution is -2.54. The van der Waals surface area contributed by atoms with E-state index in [1.54, 1.807) is 4.90 Å². The third-order valence-electron chi connectivity index (χ3n) is 7.85. The van der Waals surface area contributed by atoms with Crippen LogP contribution in [0.3, 0.4) is 0 Å². The molecule has 2 aromatic rings. The van der Waals surface area contributed by atoms with Gasteiger partial charge in [0.1, 0.15) is 17.6 Å². The zero-order valence-corrected chi connectivity index (χ0v) is 22.3. The summed E-state index contributed by atoms with van der Waals surface area (Å²) in [5, 5.41) is 4.78. The van der Waals surface area contributed by atoms with Gasteiger partial charge < -0.3 is 15.0 Å². The van der Waals surface area contributed by atoms with Crippen molar-refractivity contribution in [1.82, 2.24) is 15.5 Å². The van der Waals surface area contributed by atoms with Crippen LogP contribution in [0.15, 0.2) is 36.4 Å². The Morgan fingerprint density at radius 1 is 1.07 bits per heavy atom. The molecule has 0 bridgehead atoms. The summed E-state index contributed by atoms with van der Waals surface area (Å²) in [7, 11) is 0. The number of piperidine rings is 2. The molecule has 0 aliphatic carbocycles. The SMILES string of the molecule is CC1(CNC(=O)c2ccccc2OC(F)(F)F)CCN(c2cc3c(cc2F)C(=O)N(C2CCC(=O)NC2=O)C3=O)CC1. The lowest BCUT2D eigenvalue weighted by atomic mass is 9.80. The number of ether oxygens (including phenoxy) is 1. The van der Waals surface area contributed by atoms with Crippen LogP contribution in [0, 0.1) is 11.2 Å². The highest BCUT2D eigenvalue weighted by atomic mass is 19.4. The van der Waals surface area contributed by atoms with Gasteiger partial charge in [-0.15, -0.1) is 13.2 Å². The molecule has 2 N–H and O–H groups in total. The van der Waals surface area contributed by atoms with Gasteiger partial charge in [-0.05, 0) is 48.9 Å². The van der Waals surface area contributed by atoms with Crippen molar-refractivity contribution in [2.45, 2.75) is 45.0 Å². The van der Waals surface area contributed by atoms with Crippen LogP contribution >= 0.6 is 0 Å². The molecule has 3 heterocycles.